The molecule has 28 heavy (non-hydrogen) atoms. The summed E-state index contributed by atoms with van der Waals surface area (Å²) in [6.45, 7) is 6.05. The molecule has 138 valence electrons. The van der Waals surface area contributed by atoms with E-state index in [2.05, 4.69) is 22.0 Å². The molecule has 5 heteroatoms. The van der Waals surface area contributed by atoms with E-state index in [9.17, 15) is 4.79 Å². The number of amides is 1. The highest BCUT2D eigenvalue weighted by Gasteiger charge is 2.21. The molecule has 4 aromatic rings. The molecule has 0 bridgehead atoms. The van der Waals surface area contributed by atoms with E-state index in [1.54, 1.807) is 12.1 Å². The average Bonchev–Trinajstić information content (AvgIpc) is 3.16. The van der Waals surface area contributed by atoms with E-state index in [1.165, 1.54) is 0 Å². The van der Waals surface area contributed by atoms with Gasteiger partial charge in [0.15, 0.2) is 0 Å². The van der Waals surface area contributed by atoms with Gasteiger partial charge in [0.05, 0.1) is 16.6 Å². The number of nitrogens with one attached hydrogen (secondary N) is 1. The molecular formula is C23H19N3O2. The molecule has 0 atom stereocenters. The summed E-state index contributed by atoms with van der Waals surface area (Å²) >= 11 is 0. The van der Waals surface area contributed by atoms with Gasteiger partial charge in [0.2, 0.25) is 0 Å². The molecule has 4 rings (SSSR count). The van der Waals surface area contributed by atoms with Crippen molar-refractivity contribution in [1.29, 1.82) is 0 Å². The lowest BCUT2D eigenvalue weighted by Crippen LogP contribution is -2.23. The Balaban J connectivity index is 1.93. The molecule has 1 amide bonds. The number of carbonyl (C=O) groups excluding carboxylic acids is 1. The maximum absolute atomic E-state index is 12.9. The number of aromatic nitrogens is 2. The second kappa shape index (κ2) is 7.48. The minimum atomic E-state index is -0.221. The van der Waals surface area contributed by atoms with Crippen molar-refractivity contribution in [1.82, 2.24) is 15.5 Å². The first-order valence-electron chi connectivity index (χ1n) is 8.99. The van der Waals surface area contributed by atoms with Gasteiger partial charge in [0.25, 0.3) is 11.6 Å². The van der Waals surface area contributed by atoms with Gasteiger partial charge in [-0.2, -0.15) is 0 Å². The summed E-state index contributed by atoms with van der Waals surface area (Å²) < 4.78 is 5.53. The number of aryl methyl sites for hydroxylation is 1. The third-order valence-corrected chi connectivity index (χ3v) is 4.49. The SMILES string of the molecule is C=CCNC(=O)c1cc(-c2ccccc2)nc2onc(-c3ccc(C)cc3)c12. The Bertz CT molecular complexity index is 1150. The smallest absolute Gasteiger partial charge is 0.259 e. The number of fused-ring (bicyclic) bond motifs is 1. The summed E-state index contributed by atoms with van der Waals surface area (Å²) in [6.07, 6.45) is 1.64. The third kappa shape index (κ3) is 3.30. The number of carbonyl (C=O) groups is 1. The molecule has 2 aromatic carbocycles. The first-order valence-corrected chi connectivity index (χ1v) is 8.99. The summed E-state index contributed by atoms with van der Waals surface area (Å²) in [4.78, 5) is 17.5. The summed E-state index contributed by atoms with van der Waals surface area (Å²) in [6, 6.07) is 19.4. The minimum Gasteiger partial charge on any atom is -0.349 e. The summed E-state index contributed by atoms with van der Waals surface area (Å²) in [5.41, 5.74) is 4.98. The van der Waals surface area contributed by atoms with Crippen molar-refractivity contribution in [2.24, 2.45) is 0 Å². The van der Waals surface area contributed by atoms with Gasteiger partial charge in [-0.25, -0.2) is 4.98 Å². The fourth-order valence-corrected chi connectivity index (χ4v) is 3.06. The largest absolute Gasteiger partial charge is 0.349 e. The monoisotopic (exact) mass is 369 g/mol. The topological polar surface area (TPSA) is 68.0 Å². The van der Waals surface area contributed by atoms with Gasteiger partial charge in [-0.05, 0) is 13.0 Å². The molecule has 0 aliphatic rings. The maximum Gasteiger partial charge on any atom is 0.259 e. The van der Waals surface area contributed by atoms with Crippen LogP contribution in [0.3, 0.4) is 0 Å². The Morgan fingerprint density at radius 1 is 1.11 bits per heavy atom. The van der Waals surface area contributed by atoms with E-state index in [0.717, 1.165) is 16.7 Å². The molecule has 0 saturated carbocycles. The normalized spacial score (nSPS) is 10.8. The van der Waals surface area contributed by atoms with Crippen molar-refractivity contribution in [2.75, 3.05) is 6.54 Å². The Labute approximate surface area is 162 Å². The Morgan fingerprint density at radius 2 is 1.86 bits per heavy atom. The summed E-state index contributed by atoms with van der Waals surface area (Å²) in [5.74, 6) is -0.221. The number of hydrogen-bond acceptors (Lipinski definition) is 4. The van der Waals surface area contributed by atoms with Crippen LogP contribution in [0.4, 0.5) is 0 Å². The highest BCUT2D eigenvalue weighted by molar-refractivity contribution is 6.10. The van der Waals surface area contributed by atoms with Crippen LogP contribution in [0.15, 0.2) is 77.8 Å². The van der Waals surface area contributed by atoms with Gasteiger partial charge < -0.3 is 9.84 Å². The zero-order valence-corrected chi connectivity index (χ0v) is 15.5. The standard InChI is InChI=1S/C23H19N3O2/c1-3-13-24-22(27)18-14-19(16-7-5-4-6-8-16)25-23-20(18)21(26-28-23)17-11-9-15(2)10-12-17/h3-12,14H,1,13H2,2H3,(H,24,27). The van der Waals surface area contributed by atoms with Gasteiger partial charge >= 0.3 is 0 Å². The van der Waals surface area contributed by atoms with E-state index < -0.39 is 0 Å². The molecule has 0 saturated heterocycles. The Kier molecular flexibility index (Phi) is 4.72. The predicted molar refractivity (Wildman–Crippen MR) is 110 cm³/mol. The van der Waals surface area contributed by atoms with Gasteiger partial charge in [0, 0.05) is 17.7 Å². The van der Waals surface area contributed by atoms with Crippen LogP contribution >= 0.6 is 0 Å². The fourth-order valence-electron chi connectivity index (χ4n) is 3.06. The minimum absolute atomic E-state index is 0.221. The molecular weight excluding hydrogens is 350 g/mol. The number of nitrogens with zero attached hydrogens (tertiary/aromatic N) is 2. The molecule has 0 spiro atoms. The quantitative estimate of drug-likeness (QED) is 0.514. The zero-order valence-electron chi connectivity index (χ0n) is 15.5. The van der Waals surface area contributed by atoms with Crippen LogP contribution < -0.4 is 5.32 Å². The van der Waals surface area contributed by atoms with Crippen molar-refractivity contribution in [3.8, 4) is 22.5 Å². The fraction of sp³-hybridized carbons (Fsp3) is 0.0870. The van der Waals surface area contributed by atoms with Gasteiger partial charge in [-0.3, -0.25) is 4.79 Å². The van der Waals surface area contributed by atoms with Crippen molar-refractivity contribution in [2.45, 2.75) is 6.92 Å². The summed E-state index contributed by atoms with van der Waals surface area (Å²) in [5, 5.41) is 7.66. The van der Waals surface area contributed by atoms with E-state index in [1.807, 2.05) is 61.5 Å². The van der Waals surface area contributed by atoms with Crippen molar-refractivity contribution in [3.05, 3.63) is 84.4 Å². The third-order valence-electron chi connectivity index (χ3n) is 4.49. The molecule has 0 unspecified atom stereocenters. The highest BCUT2D eigenvalue weighted by atomic mass is 16.5. The molecule has 0 radical (unpaired) electrons. The molecule has 0 fully saturated rings. The lowest BCUT2D eigenvalue weighted by Gasteiger charge is -2.08. The van der Waals surface area contributed by atoms with E-state index in [-0.39, 0.29) is 5.91 Å². The van der Waals surface area contributed by atoms with Crippen LogP contribution in [0.5, 0.6) is 0 Å². The molecule has 1 N–H and O–H groups in total. The lowest BCUT2D eigenvalue weighted by molar-refractivity contribution is 0.0959. The second-order valence-electron chi connectivity index (χ2n) is 6.50. The maximum atomic E-state index is 12.9. The number of benzene rings is 2. The lowest BCUT2D eigenvalue weighted by atomic mass is 10.0. The van der Waals surface area contributed by atoms with Crippen LogP contribution in [-0.4, -0.2) is 22.6 Å². The molecule has 5 nitrogen and oxygen atoms in total. The number of pyridine rings is 1. The van der Waals surface area contributed by atoms with E-state index in [0.29, 0.717) is 34.6 Å². The summed E-state index contributed by atoms with van der Waals surface area (Å²) in [7, 11) is 0. The Morgan fingerprint density at radius 3 is 2.57 bits per heavy atom. The van der Waals surface area contributed by atoms with Gasteiger partial charge in [-0.1, -0.05) is 71.4 Å². The highest BCUT2D eigenvalue weighted by Crippen LogP contribution is 2.32. The van der Waals surface area contributed by atoms with Crippen LogP contribution in [-0.2, 0) is 0 Å². The molecule has 2 heterocycles. The number of hydrogen-bond donors (Lipinski definition) is 1. The predicted octanol–water partition coefficient (Wildman–Crippen LogP) is 4.78. The molecule has 2 aromatic heterocycles. The molecule has 0 aliphatic heterocycles. The van der Waals surface area contributed by atoms with Crippen LogP contribution in [0.1, 0.15) is 15.9 Å². The van der Waals surface area contributed by atoms with Crippen LogP contribution in [0.2, 0.25) is 0 Å². The first-order chi connectivity index (χ1) is 13.7. The number of rotatable bonds is 5. The molecule has 0 aliphatic carbocycles. The second-order valence-corrected chi connectivity index (χ2v) is 6.50. The first kappa shape index (κ1) is 17.7. The van der Waals surface area contributed by atoms with Crippen molar-refractivity contribution >= 4 is 17.0 Å². The van der Waals surface area contributed by atoms with Crippen LogP contribution in [0.25, 0.3) is 33.6 Å². The van der Waals surface area contributed by atoms with E-state index in [4.69, 9.17) is 4.52 Å². The average molecular weight is 369 g/mol. The van der Waals surface area contributed by atoms with Gasteiger partial charge in [0.1, 0.15) is 5.69 Å². The van der Waals surface area contributed by atoms with Crippen molar-refractivity contribution in [3.63, 3.8) is 0 Å². The Hall–Kier alpha value is -3.73. The van der Waals surface area contributed by atoms with Crippen LogP contribution in [0, 0.1) is 6.92 Å². The zero-order chi connectivity index (χ0) is 19.5. The van der Waals surface area contributed by atoms with E-state index >= 15 is 0 Å². The van der Waals surface area contributed by atoms with Gasteiger partial charge in [-0.15, -0.1) is 6.58 Å². The van der Waals surface area contributed by atoms with Crippen molar-refractivity contribution < 1.29 is 9.32 Å².